The Labute approximate surface area is 798 Å². The van der Waals surface area contributed by atoms with Gasteiger partial charge in [-0.25, -0.2) is 47.8 Å². The average Bonchev–Trinajstić information content (AvgIpc) is 1.60. The minimum atomic E-state index is -2.67. The summed E-state index contributed by atoms with van der Waals surface area (Å²) in [5.74, 6) is -2.37. The van der Waals surface area contributed by atoms with Crippen LogP contribution in [0.2, 0.25) is 0 Å². The van der Waals surface area contributed by atoms with Crippen molar-refractivity contribution in [3.05, 3.63) is 297 Å². The van der Waals surface area contributed by atoms with E-state index >= 15 is 0 Å². The van der Waals surface area contributed by atoms with Crippen molar-refractivity contribution < 1.29 is 60.0 Å². The third-order valence-electron chi connectivity index (χ3n) is 25.7. The summed E-state index contributed by atoms with van der Waals surface area (Å²) in [5, 5.41) is 10.0. The molecule has 0 saturated carbocycles. The Morgan fingerprint density at radius 1 is 0.308 bits per heavy atom. The van der Waals surface area contributed by atoms with E-state index in [0.717, 1.165) is 205 Å². The second-order valence-electron chi connectivity index (χ2n) is 37.3. The molecule has 0 aliphatic rings. The van der Waals surface area contributed by atoms with Gasteiger partial charge < -0.3 is 22.1 Å². The van der Waals surface area contributed by atoms with E-state index in [2.05, 4.69) is 318 Å². The van der Waals surface area contributed by atoms with Crippen LogP contribution in [0.5, 0.6) is 0 Å². The molecule has 0 amide bonds. The lowest BCUT2D eigenvalue weighted by atomic mass is 9.90. The van der Waals surface area contributed by atoms with E-state index in [4.69, 9.17) is 42.1 Å². The lowest BCUT2D eigenvalue weighted by molar-refractivity contribution is -0.660. The predicted molar refractivity (Wildman–Crippen MR) is 545 cm³/mol. The average molecular weight is 1780 g/mol. The quantitative estimate of drug-likeness (QED) is 0.0908. The first kappa shape index (κ1) is 79.4. The second-order valence-corrected chi connectivity index (χ2v) is 37.3. The van der Waals surface area contributed by atoms with Crippen LogP contribution in [0.15, 0.2) is 235 Å². The van der Waals surface area contributed by atoms with E-state index in [1.54, 1.807) is 12.1 Å². The van der Waals surface area contributed by atoms with Gasteiger partial charge in [-0.2, -0.15) is 0 Å². The Balaban J connectivity index is 0.000000130. The van der Waals surface area contributed by atoms with Gasteiger partial charge in [0.1, 0.15) is 35.2 Å². The smallest absolute Gasteiger partial charge is 0.227 e. The Morgan fingerprint density at radius 3 is 0.865 bits per heavy atom. The molecular formula is C118H131N10O5+5. The van der Waals surface area contributed by atoms with Crippen LogP contribution in [0, 0.1) is 45.9 Å². The fourth-order valence-corrected chi connectivity index (χ4v) is 18.2. The van der Waals surface area contributed by atoms with Crippen LogP contribution in [-0.2, 0) is 92.0 Å². The lowest BCUT2D eigenvalue weighted by Gasteiger charge is -2.16. The molecule has 15 heteroatoms. The number of pyridine rings is 10. The van der Waals surface area contributed by atoms with E-state index in [0.29, 0.717) is 39.8 Å². The van der Waals surface area contributed by atoms with Crippen LogP contribution in [0.3, 0.4) is 0 Å². The van der Waals surface area contributed by atoms with Gasteiger partial charge in [0.2, 0.25) is 57.0 Å². The predicted octanol–water partition coefficient (Wildman–Crippen LogP) is 27.5. The standard InChI is InChI=1S/C25H29N2O.2C24H27N2O.C23H25N2O.C22H23N2O/c1-7-17-9-13-21(27(6)15-17)22-16(2)8-11-19-20-12-10-18(14-25(3,4)5)26-24(20)28-23(19)22;1-7-16-9-12-19(26(6)14-16)21-15(2)8-10-17-18-11-13-20(24(3,4)5)25-23(18)27-22(17)21;1-6-17-8-12-21(26(5)14-17)22-16(4)7-10-19-20-11-9-18(13-15(2)3)25-24(20)27-23(19)22;1-6-16-8-12-20(25(5)13-16)21-15(4)7-9-17-18-10-11-19(14(2)3)24-23(18)26-22(17)21;1-5-15-8-12-19(24(4)13-15)20-14(3)7-10-17-18-11-9-16(6-2)23-22(18)25-21(17)20/h8-13,15H,7,14H2,1-6H3;8-14H,7H2,1-6H3;7-12,14-15H,6,13H2,1-5H3;7-14H,6H2,1-5H3;7-13H,5-6H2,1-4H3/q5*+1/i3D3,4D3;;2D3,15D;14D;. The SMILES string of the molecule is CCc1ccc(-c2c(C)ccc3c2oc2nc(C(C)(C)C)ccc23)[n+](C)c1.CCc1ccc(-c2c(C)ccc3c2oc2nc(CC)ccc23)[n+](C)c1.[2H]C(C)(C)c1ccc2c(n1)oc1c(-c3ccc(CC)c[n+]3C)c(C)ccc12.[2H]C([2H])([2H])C(C)(Cc1ccc2c(n1)oc1c(-c3ccc(CC)c[n+]3C)c(C)ccc12)C([2H])([2H])[2H].[2H]C([2H])([2H])C([2H])(C)Cc1ccc2c(n1)oc1c(-c3ccc(CC)c[n+]3C)c(C)ccc12. The lowest BCUT2D eigenvalue weighted by Crippen LogP contribution is -2.31. The van der Waals surface area contributed by atoms with Gasteiger partial charge in [0.15, 0.2) is 58.9 Å². The molecule has 0 aliphatic carbocycles. The third-order valence-corrected chi connectivity index (χ3v) is 25.7. The molecule has 0 N–H and O–H groups in total. The van der Waals surface area contributed by atoms with E-state index in [1.807, 2.05) is 71.3 Å². The molecule has 0 aliphatic heterocycles. The van der Waals surface area contributed by atoms with Gasteiger partial charge in [0.05, 0.1) is 27.8 Å². The first-order valence-electron chi connectivity index (χ1n) is 52.1. The summed E-state index contributed by atoms with van der Waals surface area (Å²) in [6.07, 6.45) is 16.5. The zero-order valence-corrected chi connectivity index (χ0v) is 81.4. The fourth-order valence-electron chi connectivity index (χ4n) is 18.2. The Kier molecular flexibility index (Phi) is 22.7. The van der Waals surface area contributed by atoms with Crippen molar-refractivity contribution in [2.75, 3.05) is 0 Å². The maximum absolute atomic E-state index is 8.25. The number of fused-ring (bicyclic) bond motifs is 15. The van der Waals surface area contributed by atoms with Crippen LogP contribution in [0.4, 0.5) is 0 Å². The van der Waals surface area contributed by atoms with Crippen molar-refractivity contribution in [2.45, 2.75) is 208 Å². The van der Waals surface area contributed by atoms with Crippen LogP contribution in [0.25, 0.3) is 167 Å². The van der Waals surface area contributed by atoms with Gasteiger partial charge >= 0.3 is 0 Å². The first-order valence-corrected chi connectivity index (χ1v) is 46.6. The molecule has 1 unspecified atom stereocenters. The van der Waals surface area contributed by atoms with Crippen molar-refractivity contribution in [2.24, 2.45) is 46.5 Å². The Hall–Kier alpha value is -13.4. The summed E-state index contributed by atoms with van der Waals surface area (Å²) < 4.78 is 129. The molecule has 0 spiro atoms. The summed E-state index contributed by atoms with van der Waals surface area (Å²) in [4.78, 5) is 23.3. The largest absolute Gasteiger partial charge is 0.437 e. The number of hydrogen-bond acceptors (Lipinski definition) is 10. The Bertz CT molecular complexity index is 8150. The maximum atomic E-state index is 8.25. The Morgan fingerprint density at radius 2 is 0.579 bits per heavy atom. The number of benzene rings is 5. The van der Waals surface area contributed by atoms with E-state index in [-0.39, 0.29) is 18.3 Å². The van der Waals surface area contributed by atoms with Crippen molar-refractivity contribution >= 4 is 110 Å². The highest BCUT2D eigenvalue weighted by molar-refractivity contribution is 6.13. The van der Waals surface area contributed by atoms with Crippen molar-refractivity contribution in [3.63, 3.8) is 0 Å². The summed E-state index contributed by atoms with van der Waals surface area (Å²) in [6, 6.07) is 62.3. The molecule has 5 aromatic carbocycles. The summed E-state index contributed by atoms with van der Waals surface area (Å²) in [7, 11) is 10.3. The van der Waals surface area contributed by atoms with Crippen molar-refractivity contribution in [1.29, 1.82) is 0 Å². The molecule has 0 bridgehead atoms. The normalized spacial score (nSPS) is 13.9. The van der Waals surface area contributed by atoms with Gasteiger partial charge in [0.25, 0.3) is 0 Å². The van der Waals surface area contributed by atoms with Crippen molar-refractivity contribution in [3.8, 4) is 56.3 Å². The van der Waals surface area contributed by atoms with Gasteiger partial charge in [-0.1, -0.05) is 171 Å². The molecule has 0 radical (unpaired) electrons. The monoisotopic (exact) mass is 1780 g/mol. The summed E-state index contributed by atoms with van der Waals surface area (Å²) >= 11 is 0. The first-order chi connectivity index (χ1) is 68.0. The number of hydrogen-bond donors (Lipinski definition) is 0. The number of aryl methyl sites for hydroxylation is 16. The number of aromatic nitrogens is 10. The van der Waals surface area contributed by atoms with E-state index in [9.17, 15) is 0 Å². The molecule has 15 heterocycles. The second kappa shape index (κ2) is 38.1. The van der Waals surface area contributed by atoms with Crippen LogP contribution in [0.1, 0.15) is 216 Å². The number of furan rings is 5. The molecular weight excluding hydrogens is 1640 g/mol. The molecule has 0 saturated heterocycles. The molecule has 1 atom stereocenters. The maximum Gasteiger partial charge on any atom is 0.227 e. The minimum Gasteiger partial charge on any atom is -0.437 e. The van der Waals surface area contributed by atoms with Crippen molar-refractivity contribution in [1.82, 2.24) is 24.9 Å². The summed E-state index contributed by atoms with van der Waals surface area (Å²) in [5.41, 5.74) is 32.0. The van der Waals surface area contributed by atoms with Crippen LogP contribution < -0.4 is 22.8 Å². The molecule has 0 fully saturated rings. The van der Waals surface area contributed by atoms with Crippen LogP contribution >= 0.6 is 0 Å². The van der Waals surface area contributed by atoms with E-state index in [1.165, 1.54) is 58.4 Å². The number of rotatable bonds is 15. The highest BCUT2D eigenvalue weighted by Gasteiger charge is 2.30. The molecule has 133 heavy (non-hydrogen) atoms. The molecule has 15 aromatic heterocycles. The third kappa shape index (κ3) is 18.8. The molecule has 15 nitrogen and oxygen atoms in total. The zero-order chi connectivity index (χ0) is 104. The van der Waals surface area contributed by atoms with Gasteiger partial charge in [-0.15, -0.1) is 0 Å². The summed E-state index contributed by atoms with van der Waals surface area (Å²) in [6.45, 7) is 28.6. The molecule has 20 rings (SSSR count). The molecule has 20 aromatic rings. The fraction of sp³-hybridized carbons (Fsp3) is 0.322. The van der Waals surface area contributed by atoms with E-state index < -0.39 is 37.8 Å². The topological polar surface area (TPSA) is 150 Å². The van der Waals surface area contributed by atoms with Gasteiger partial charge in [-0.3, -0.25) is 0 Å². The van der Waals surface area contributed by atoms with Crippen LogP contribution in [-0.4, -0.2) is 24.9 Å². The minimum absolute atomic E-state index is 0.00562. The highest BCUT2D eigenvalue weighted by Crippen LogP contribution is 2.44. The zero-order valence-electron chi connectivity index (χ0n) is 92.4. The van der Waals surface area contributed by atoms with Gasteiger partial charge in [-0.05, 0) is 222 Å². The number of nitrogens with zero attached hydrogens (tertiary/aromatic N) is 10. The highest BCUT2D eigenvalue weighted by atomic mass is 16.4. The molecule has 678 valence electrons. The van der Waals surface area contributed by atoms with Gasteiger partial charge in [0, 0.05) is 161 Å².